The minimum atomic E-state index is -4.03. The van der Waals surface area contributed by atoms with Gasteiger partial charge in [-0.1, -0.05) is 30.5 Å². The molecule has 1 radical (unpaired) electrons. The fourth-order valence-corrected chi connectivity index (χ4v) is 7.91. The minimum absolute atomic E-state index is 0. The Labute approximate surface area is 256 Å². The summed E-state index contributed by atoms with van der Waals surface area (Å²) in [7, 11) is -2.49. The molecule has 1 atom stereocenters. The summed E-state index contributed by atoms with van der Waals surface area (Å²) in [5.74, 6) is 0.484. The molecule has 1 aromatic heterocycles. The van der Waals surface area contributed by atoms with Gasteiger partial charge in [0.05, 0.1) is 17.7 Å². The molecule has 6 rings (SSSR count). The van der Waals surface area contributed by atoms with E-state index in [2.05, 4.69) is 27.3 Å². The molecule has 1 fully saturated rings. The Hall–Kier alpha value is -4.47. The second-order valence-electron chi connectivity index (χ2n) is 11.1. The number of piperidine rings is 1. The van der Waals surface area contributed by atoms with Crippen LogP contribution >= 0.6 is 11.6 Å². The second kappa shape index (κ2) is 12.3. The number of aromatic nitrogens is 2. The van der Waals surface area contributed by atoms with Gasteiger partial charge in [0, 0.05) is 28.2 Å². The Morgan fingerprint density at radius 1 is 1.16 bits per heavy atom. The van der Waals surface area contributed by atoms with E-state index < -0.39 is 15.8 Å². The molecule has 0 amide bonds. The first-order valence-electron chi connectivity index (χ1n) is 14.5. The Morgan fingerprint density at radius 3 is 2.66 bits per heavy atom. The molecule has 44 heavy (non-hydrogen) atoms. The van der Waals surface area contributed by atoms with Crippen molar-refractivity contribution < 1.29 is 17.5 Å². The molecule has 0 saturated carbocycles. The summed E-state index contributed by atoms with van der Waals surface area (Å²) < 4.78 is 51.5. The van der Waals surface area contributed by atoms with E-state index in [1.54, 1.807) is 31.5 Å². The van der Waals surface area contributed by atoms with Gasteiger partial charge in [0.2, 0.25) is 5.95 Å². The standard InChI is InChI=1S/C32H34ClFN5O3S.Lr/c1-4-23-27(39-43(40,41)29-16-21(33)15-25-18(2)5-6-24(25)29)8-7-26(34)30(23)19-13-20-17-36-32(37-22-9-11-35-12-10-22)38-31(20)28(14-19)42-3;/h7-8,13-18,22,35,39H,2,4-6,9-12H2,1,3H3,(H,36,37,38);/q-1;/t18-;/m1./s1. The van der Waals surface area contributed by atoms with Crippen molar-refractivity contribution in [3.63, 3.8) is 0 Å². The fraction of sp³-hybridized carbons (Fsp3) is 0.344. The summed E-state index contributed by atoms with van der Waals surface area (Å²) in [6, 6.07) is 9.82. The molecule has 3 N–H and O–H groups in total. The summed E-state index contributed by atoms with van der Waals surface area (Å²) in [5.41, 5.74) is 3.82. The molecule has 0 spiro atoms. The van der Waals surface area contributed by atoms with E-state index in [0.29, 0.717) is 57.3 Å². The van der Waals surface area contributed by atoms with Gasteiger partial charge in [-0.2, -0.15) is 0 Å². The average molecular weight is 885 g/mol. The van der Waals surface area contributed by atoms with Gasteiger partial charge in [0.1, 0.15) is 17.1 Å². The molecule has 2 heterocycles. The van der Waals surface area contributed by atoms with Crippen molar-refractivity contribution in [3.8, 4) is 16.9 Å². The number of hydrogen-bond acceptors (Lipinski definition) is 7. The van der Waals surface area contributed by atoms with Gasteiger partial charge in [-0.05, 0) is 91.9 Å². The van der Waals surface area contributed by atoms with Crippen LogP contribution in [-0.4, -0.2) is 44.6 Å². The summed E-state index contributed by atoms with van der Waals surface area (Å²) >= 11 is 6.32. The molecule has 3 aromatic carbocycles. The molecule has 0 bridgehead atoms. The smallest absolute Gasteiger partial charge is 0.262 e. The summed E-state index contributed by atoms with van der Waals surface area (Å²) in [5, 5.41) is 7.77. The SMILES string of the molecule is [CH2-][C@@H]1CCc2c1cc(Cl)cc2S(=O)(=O)Nc1ccc(F)c(-c2cc(OC)c3nc(NC4CCNCC4)ncc3c2)c1CC.[Lr]. The summed E-state index contributed by atoms with van der Waals surface area (Å²) in [4.78, 5) is 9.36. The first-order chi connectivity index (χ1) is 20.7. The predicted molar refractivity (Wildman–Crippen MR) is 169 cm³/mol. The van der Waals surface area contributed by atoms with Gasteiger partial charge in [-0.25, -0.2) is 22.8 Å². The molecule has 2 aliphatic rings. The van der Waals surface area contributed by atoms with E-state index in [9.17, 15) is 8.42 Å². The maximum Gasteiger partial charge on any atom is 0.262 e. The quantitative estimate of drug-likeness (QED) is 0.174. The first kappa shape index (κ1) is 31.0. The van der Waals surface area contributed by atoms with Gasteiger partial charge < -0.3 is 22.3 Å². The van der Waals surface area contributed by atoms with Gasteiger partial charge in [-0.15, -0.1) is 5.92 Å². The molecule has 8 nitrogen and oxygen atoms in total. The number of hydrogen-bond donors (Lipinski definition) is 3. The molecular formula is C32H34ClFLrN5O3S-. The topological polar surface area (TPSA) is 105 Å². The summed E-state index contributed by atoms with van der Waals surface area (Å²) in [6.45, 7) is 7.88. The van der Waals surface area contributed by atoms with Crippen molar-refractivity contribution in [1.29, 1.82) is 0 Å². The van der Waals surface area contributed by atoms with Crippen LogP contribution < -0.4 is 20.1 Å². The van der Waals surface area contributed by atoms with Gasteiger partial charge in [0.25, 0.3) is 10.0 Å². The van der Waals surface area contributed by atoms with E-state index in [0.717, 1.165) is 43.5 Å². The molecule has 1 aliphatic carbocycles. The zero-order chi connectivity index (χ0) is 30.3. The fourth-order valence-electron chi connectivity index (χ4n) is 6.20. The van der Waals surface area contributed by atoms with Crippen LogP contribution in [0.25, 0.3) is 22.0 Å². The van der Waals surface area contributed by atoms with Gasteiger partial charge >= 0.3 is 0 Å². The van der Waals surface area contributed by atoms with Crippen LogP contribution in [0, 0.1) is 12.7 Å². The molecule has 4 aromatic rings. The molecule has 1 saturated heterocycles. The number of ether oxygens (including phenoxy) is 1. The molecular weight excluding hydrogens is 851 g/mol. The maximum atomic E-state index is 15.6. The third-order valence-electron chi connectivity index (χ3n) is 8.37. The van der Waals surface area contributed by atoms with Crippen molar-refractivity contribution in [2.24, 2.45) is 0 Å². The predicted octanol–water partition coefficient (Wildman–Crippen LogP) is 6.49. The van der Waals surface area contributed by atoms with Crippen molar-refractivity contribution in [2.75, 3.05) is 30.2 Å². The number of anilines is 2. The van der Waals surface area contributed by atoms with Crippen molar-refractivity contribution >= 4 is 44.2 Å². The largest absolute Gasteiger partial charge is 0.494 e. The van der Waals surface area contributed by atoms with Crippen LogP contribution in [0.5, 0.6) is 5.75 Å². The Morgan fingerprint density at radius 2 is 1.93 bits per heavy atom. The summed E-state index contributed by atoms with van der Waals surface area (Å²) in [6.07, 6.45) is 5.38. The Bertz CT molecular complexity index is 1820. The van der Waals surface area contributed by atoms with E-state index in [4.69, 9.17) is 21.3 Å². The van der Waals surface area contributed by atoms with E-state index in [1.807, 2.05) is 6.92 Å². The van der Waals surface area contributed by atoms with Gasteiger partial charge in [-0.3, -0.25) is 4.72 Å². The van der Waals surface area contributed by atoms with Crippen LogP contribution in [0.2, 0.25) is 5.02 Å². The van der Waals surface area contributed by atoms with Crippen molar-refractivity contribution in [2.45, 2.75) is 55.9 Å². The number of fused-ring (bicyclic) bond motifs is 2. The number of benzene rings is 3. The van der Waals surface area contributed by atoms with Crippen molar-refractivity contribution in [1.82, 2.24) is 15.3 Å². The molecule has 12 heteroatoms. The minimum Gasteiger partial charge on any atom is -0.494 e. The molecule has 0 unspecified atom stereocenters. The molecule has 1 aliphatic heterocycles. The van der Waals surface area contributed by atoms with Crippen LogP contribution in [0.3, 0.4) is 0 Å². The zero-order valence-electron chi connectivity index (χ0n) is 24.4. The van der Waals surface area contributed by atoms with Gasteiger partial charge in [0.15, 0.2) is 0 Å². The van der Waals surface area contributed by atoms with Crippen LogP contribution in [0.1, 0.15) is 48.8 Å². The number of rotatable bonds is 8. The Balaban J connectivity index is 0.00000384. The third-order valence-corrected chi connectivity index (χ3v) is 10.0. The Kier molecular flexibility index (Phi) is 8.63. The number of methoxy groups -OCH3 is 1. The van der Waals surface area contributed by atoms with E-state index in [1.165, 1.54) is 18.2 Å². The number of nitrogens with one attached hydrogen (secondary N) is 3. The van der Waals surface area contributed by atoms with Crippen LogP contribution in [0.4, 0.5) is 16.0 Å². The maximum absolute atomic E-state index is 15.6. The van der Waals surface area contributed by atoms with Crippen molar-refractivity contribution in [3.05, 3.63) is 77.0 Å². The van der Waals surface area contributed by atoms with E-state index >= 15 is 4.39 Å². The van der Waals surface area contributed by atoms with Crippen LogP contribution in [-0.2, 0) is 22.9 Å². The normalized spacial score (nSPS) is 16.8. The first-order valence-corrected chi connectivity index (χ1v) is 16.4. The number of sulfonamides is 1. The monoisotopic (exact) mass is 884 g/mol. The molecule has 241 valence electrons. The second-order valence-corrected chi connectivity index (χ2v) is 13.2. The zero-order valence-corrected chi connectivity index (χ0v) is 28.1. The number of nitrogens with zero attached hydrogens (tertiary/aromatic N) is 2. The van der Waals surface area contributed by atoms with E-state index in [-0.39, 0.29) is 22.4 Å². The average Bonchev–Trinajstić information content (AvgIpc) is 3.37. The third kappa shape index (κ3) is 5.73. The van der Waals surface area contributed by atoms with Crippen LogP contribution in [0.15, 0.2) is 47.5 Å². The number of halogens is 2.